The second-order valence-corrected chi connectivity index (χ2v) is 14.1. The van der Waals surface area contributed by atoms with Crippen LogP contribution in [-0.4, -0.2) is 0 Å². The first-order valence-electron chi connectivity index (χ1n) is 18.6. The molecule has 234 valence electrons. The predicted molar refractivity (Wildman–Crippen MR) is 184 cm³/mol. The molecule has 0 radical (unpaired) electrons. The SMILES string of the molecule is CCCCCCCCc1c(CCCCCC)ccc(CCCCCCCC(C)C)c1CCCCCCCC(C)C. The van der Waals surface area contributed by atoms with E-state index in [1.54, 1.807) is 16.7 Å². The van der Waals surface area contributed by atoms with Crippen LogP contribution in [0, 0.1) is 11.8 Å². The van der Waals surface area contributed by atoms with Crippen LogP contribution in [0.5, 0.6) is 0 Å². The number of benzene rings is 1. The number of hydrogen-bond donors (Lipinski definition) is 0. The van der Waals surface area contributed by atoms with Crippen molar-refractivity contribution in [1.82, 2.24) is 0 Å². The summed E-state index contributed by atoms with van der Waals surface area (Å²) in [6, 6.07) is 5.16. The van der Waals surface area contributed by atoms with Gasteiger partial charge in [-0.3, -0.25) is 0 Å². The number of unbranched alkanes of at least 4 members (excludes halogenated alkanes) is 16. The minimum atomic E-state index is 0.863. The minimum Gasteiger partial charge on any atom is -0.0654 e. The summed E-state index contributed by atoms with van der Waals surface area (Å²) in [5.41, 5.74) is 7.05. The zero-order valence-electron chi connectivity index (χ0n) is 28.7. The maximum absolute atomic E-state index is 2.58. The van der Waals surface area contributed by atoms with Gasteiger partial charge in [0.15, 0.2) is 0 Å². The summed E-state index contributed by atoms with van der Waals surface area (Å²) in [6.45, 7) is 14.1. The Morgan fingerprint density at radius 2 is 0.675 bits per heavy atom. The molecule has 0 N–H and O–H groups in total. The lowest BCUT2D eigenvalue weighted by Gasteiger charge is -2.20. The topological polar surface area (TPSA) is 0 Å². The molecule has 0 spiro atoms. The molecule has 0 heteroatoms. The van der Waals surface area contributed by atoms with E-state index in [0.717, 1.165) is 11.8 Å². The Morgan fingerprint density at radius 1 is 0.375 bits per heavy atom. The summed E-state index contributed by atoms with van der Waals surface area (Å²) in [5, 5.41) is 0. The molecule has 40 heavy (non-hydrogen) atoms. The lowest BCUT2D eigenvalue weighted by atomic mass is 9.85. The summed E-state index contributed by atoms with van der Waals surface area (Å²) >= 11 is 0. The van der Waals surface area contributed by atoms with Crippen molar-refractivity contribution in [3.8, 4) is 0 Å². The van der Waals surface area contributed by atoms with Crippen molar-refractivity contribution in [3.05, 3.63) is 34.4 Å². The molecule has 0 unspecified atom stereocenters. The zero-order valence-corrected chi connectivity index (χ0v) is 28.7. The van der Waals surface area contributed by atoms with Gasteiger partial charge in [-0.25, -0.2) is 0 Å². The Bertz CT molecular complexity index is 682. The number of aryl methyl sites for hydroxylation is 2. The molecule has 0 aliphatic heterocycles. The van der Waals surface area contributed by atoms with E-state index in [9.17, 15) is 0 Å². The standard InChI is InChI=1S/C40H74/c1-7-9-11-13-19-25-31-39-37(29-23-12-10-8-2)33-34-38(30-24-18-14-16-21-27-35(3)4)40(39)32-26-20-15-17-22-28-36(5)6/h33-36H,7-32H2,1-6H3. The average Bonchev–Trinajstić information content (AvgIpc) is 2.92. The molecular weight excluding hydrogens is 480 g/mol. The summed E-state index contributed by atoms with van der Waals surface area (Å²) in [7, 11) is 0. The zero-order chi connectivity index (χ0) is 29.3. The highest BCUT2D eigenvalue weighted by molar-refractivity contribution is 5.42. The fourth-order valence-corrected chi connectivity index (χ4v) is 6.49. The van der Waals surface area contributed by atoms with Gasteiger partial charge in [-0.15, -0.1) is 0 Å². The molecule has 0 heterocycles. The fraction of sp³-hybridized carbons (Fsp3) is 0.850. The second-order valence-electron chi connectivity index (χ2n) is 14.1. The largest absolute Gasteiger partial charge is 0.0654 e. The van der Waals surface area contributed by atoms with E-state index in [1.165, 1.54) is 167 Å². The fourth-order valence-electron chi connectivity index (χ4n) is 6.49. The lowest BCUT2D eigenvalue weighted by Crippen LogP contribution is -2.07. The van der Waals surface area contributed by atoms with Crippen molar-refractivity contribution in [2.24, 2.45) is 11.8 Å². The van der Waals surface area contributed by atoms with Crippen molar-refractivity contribution < 1.29 is 0 Å². The Morgan fingerprint density at radius 3 is 1.05 bits per heavy atom. The van der Waals surface area contributed by atoms with Crippen LogP contribution in [-0.2, 0) is 25.7 Å². The maximum Gasteiger partial charge on any atom is -0.0273 e. The Balaban J connectivity index is 2.88. The summed E-state index contributed by atoms with van der Waals surface area (Å²) in [5.74, 6) is 1.73. The van der Waals surface area contributed by atoms with E-state index in [1.807, 2.05) is 5.56 Å². The molecular formula is C40H74. The van der Waals surface area contributed by atoms with E-state index in [4.69, 9.17) is 0 Å². The van der Waals surface area contributed by atoms with Crippen LogP contribution >= 0.6 is 0 Å². The van der Waals surface area contributed by atoms with E-state index >= 15 is 0 Å². The van der Waals surface area contributed by atoms with Crippen LogP contribution in [0.15, 0.2) is 12.1 Å². The van der Waals surface area contributed by atoms with Crippen LogP contribution in [0.3, 0.4) is 0 Å². The first kappa shape index (κ1) is 37.2. The lowest BCUT2D eigenvalue weighted by molar-refractivity contribution is 0.513. The number of rotatable bonds is 28. The Hall–Kier alpha value is -0.780. The van der Waals surface area contributed by atoms with E-state index in [-0.39, 0.29) is 0 Å². The van der Waals surface area contributed by atoms with Gasteiger partial charge >= 0.3 is 0 Å². The molecule has 0 nitrogen and oxygen atoms in total. The maximum atomic E-state index is 2.58. The third-order valence-corrected chi connectivity index (χ3v) is 9.14. The normalized spacial score (nSPS) is 11.8. The van der Waals surface area contributed by atoms with Crippen LogP contribution in [0.25, 0.3) is 0 Å². The number of hydrogen-bond acceptors (Lipinski definition) is 0. The van der Waals surface area contributed by atoms with Crippen LogP contribution < -0.4 is 0 Å². The van der Waals surface area contributed by atoms with Gasteiger partial charge in [0.1, 0.15) is 0 Å². The monoisotopic (exact) mass is 555 g/mol. The van der Waals surface area contributed by atoms with Gasteiger partial charge in [-0.05, 0) is 85.5 Å². The van der Waals surface area contributed by atoms with E-state index in [0.29, 0.717) is 0 Å². The first-order chi connectivity index (χ1) is 19.5. The van der Waals surface area contributed by atoms with Crippen molar-refractivity contribution in [2.45, 2.75) is 208 Å². The third kappa shape index (κ3) is 19.4. The molecule has 0 atom stereocenters. The summed E-state index contributed by atoms with van der Waals surface area (Å²) < 4.78 is 0. The molecule has 0 aromatic heterocycles. The molecule has 0 aliphatic rings. The average molecular weight is 555 g/mol. The Kier molecular flexibility index (Phi) is 24.1. The first-order valence-corrected chi connectivity index (χ1v) is 18.6. The molecule has 0 bridgehead atoms. The van der Waals surface area contributed by atoms with E-state index < -0.39 is 0 Å². The molecule has 0 aliphatic carbocycles. The molecule has 0 saturated carbocycles. The highest BCUT2D eigenvalue weighted by atomic mass is 14.2. The van der Waals surface area contributed by atoms with E-state index in [2.05, 4.69) is 53.7 Å². The third-order valence-electron chi connectivity index (χ3n) is 9.14. The summed E-state index contributed by atoms with van der Waals surface area (Å²) in [6.07, 6.45) is 36.3. The van der Waals surface area contributed by atoms with Crippen molar-refractivity contribution in [1.29, 1.82) is 0 Å². The van der Waals surface area contributed by atoms with Gasteiger partial charge in [0.2, 0.25) is 0 Å². The van der Waals surface area contributed by atoms with Gasteiger partial charge < -0.3 is 0 Å². The van der Waals surface area contributed by atoms with Crippen LogP contribution in [0.2, 0.25) is 0 Å². The van der Waals surface area contributed by atoms with Crippen LogP contribution in [0.4, 0.5) is 0 Å². The van der Waals surface area contributed by atoms with Gasteiger partial charge in [-0.2, -0.15) is 0 Å². The minimum absolute atomic E-state index is 0.863. The smallest absolute Gasteiger partial charge is 0.0273 e. The van der Waals surface area contributed by atoms with Gasteiger partial charge in [0.25, 0.3) is 0 Å². The highest BCUT2D eigenvalue weighted by Crippen LogP contribution is 2.28. The van der Waals surface area contributed by atoms with Crippen molar-refractivity contribution in [3.63, 3.8) is 0 Å². The highest BCUT2D eigenvalue weighted by Gasteiger charge is 2.14. The molecule has 1 aromatic carbocycles. The quantitative estimate of drug-likeness (QED) is 0.0903. The molecule has 0 amide bonds. The van der Waals surface area contributed by atoms with Gasteiger partial charge in [0.05, 0.1) is 0 Å². The van der Waals surface area contributed by atoms with Crippen molar-refractivity contribution >= 4 is 0 Å². The predicted octanol–water partition coefficient (Wildman–Crippen LogP) is 13.8. The summed E-state index contributed by atoms with van der Waals surface area (Å²) in [4.78, 5) is 0. The van der Waals surface area contributed by atoms with Gasteiger partial charge in [0, 0.05) is 0 Å². The molecule has 1 aromatic rings. The van der Waals surface area contributed by atoms with Crippen molar-refractivity contribution in [2.75, 3.05) is 0 Å². The van der Waals surface area contributed by atoms with Crippen LogP contribution in [0.1, 0.15) is 205 Å². The molecule has 0 fully saturated rings. The van der Waals surface area contributed by atoms with Gasteiger partial charge in [-0.1, -0.05) is 169 Å². The second kappa shape index (κ2) is 25.9. The molecule has 1 rings (SSSR count). The molecule has 0 saturated heterocycles. The Labute approximate surface area is 254 Å².